The number of fused-ring (bicyclic) bond motifs is 1. The molecule has 1 aliphatic rings. The molecular formula is C23H24FNO3. The molecule has 3 aromatic rings. The third kappa shape index (κ3) is 3.67. The van der Waals surface area contributed by atoms with Gasteiger partial charge in [0.05, 0.1) is 12.7 Å². The molecule has 0 bridgehead atoms. The van der Waals surface area contributed by atoms with E-state index in [0.717, 1.165) is 29.4 Å². The summed E-state index contributed by atoms with van der Waals surface area (Å²) in [6.45, 7) is 4.74. The Kier molecular flexibility index (Phi) is 4.94. The minimum Gasteiger partial charge on any atom is -0.451 e. The zero-order valence-corrected chi connectivity index (χ0v) is 16.1. The molecule has 2 aromatic carbocycles. The number of hydrogen-bond donors (Lipinski definition) is 1. The van der Waals surface area contributed by atoms with Crippen LogP contribution in [-0.2, 0) is 16.8 Å². The van der Waals surface area contributed by atoms with Gasteiger partial charge in [-0.05, 0) is 50.5 Å². The molecule has 0 unspecified atom stereocenters. The zero-order valence-electron chi connectivity index (χ0n) is 16.1. The number of benzene rings is 2. The predicted octanol–water partition coefficient (Wildman–Crippen LogP) is 4.96. The van der Waals surface area contributed by atoms with Crippen molar-refractivity contribution in [2.24, 2.45) is 0 Å². The Bertz CT molecular complexity index is 987. The number of rotatable bonds is 7. The zero-order chi connectivity index (χ0) is 19.7. The van der Waals surface area contributed by atoms with Gasteiger partial charge in [0.1, 0.15) is 11.4 Å². The molecule has 146 valence electrons. The molecule has 0 atom stereocenters. The van der Waals surface area contributed by atoms with Gasteiger partial charge in [0.25, 0.3) is 5.91 Å². The molecule has 4 nitrogen and oxygen atoms in total. The fourth-order valence-corrected chi connectivity index (χ4v) is 3.53. The van der Waals surface area contributed by atoms with Crippen LogP contribution in [0.4, 0.5) is 4.39 Å². The van der Waals surface area contributed by atoms with Crippen molar-refractivity contribution in [1.82, 2.24) is 5.32 Å². The minimum absolute atomic E-state index is 0.0535. The van der Waals surface area contributed by atoms with Crippen LogP contribution in [0.2, 0.25) is 0 Å². The first-order valence-electron chi connectivity index (χ1n) is 9.65. The number of halogens is 1. The predicted molar refractivity (Wildman–Crippen MR) is 106 cm³/mol. The number of para-hydroxylation sites is 1. The van der Waals surface area contributed by atoms with Crippen molar-refractivity contribution in [1.29, 1.82) is 0 Å². The van der Waals surface area contributed by atoms with Gasteiger partial charge >= 0.3 is 0 Å². The van der Waals surface area contributed by atoms with Gasteiger partial charge in [-0.1, -0.05) is 30.3 Å². The summed E-state index contributed by atoms with van der Waals surface area (Å²) >= 11 is 0. The van der Waals surface area contributed by atoms with Crippen molar-refractivity contribution in [3.63, 3.8) is 0 Å². The second kappa shape index (κ2) is 7.40. The monoisotopic (exact) mass is 381 g/mol. The van der Waals surface area contributed by atoms with Crippen LogP contribution in [-0.4, -0.2) is 18.6 Å². The molecule has 5 heteroatoms. The van der Waals surface area contributed by atoms with Crippen molar-refractivity contribution in [3.8, 4) is 0 Å². The van der Waals surface area contributed by atoms with E-state index in [-0.39, 0.29) is 23.2 Å². The lowest BCUT2D eigenvalue weighted by Crippen LogP contribution is -2.32. The van der Waals surface area contributed by atoms with Gasteiger partial charge in [-0.15, -0.1) is 0 Å². The summed E-state index contributed by atoms with van der Waals surface area (Å²) in [5.41, 5.74) is 2.40. The van der Waals surface area contributed by atoms with Gasteiger partial charge in [-0.2, -0.15) is 0 Å². The summed E-state index contributed by atoms with van der Waals surface area (Å²) in [7, 11) is 0. The van der Waals surface area contributed by atoms with E-state index in [2.05, 4.69) is 5.32 Å². The highest BCUT2D eigenvalue weighted by Gasteiger charge is 2.44. The summed E-state index contributed by atoms with van der Waals surface area (Å²) in [6, 6.07) is 14.1. The number of ether oxygens (including phenoxy) is 1. The Balaban J connectivity index is 1.54. The first-order valence-corrected chi connectivity index (χ1v) is 9.65. The van der Waals surface area contributed by atoms with Crippen LogP contribution in [0.3, 0.4) is 0 Å². The van der Waals surface area contributed by atoms with Gasteiger partial charge in [-0.25, -0.2) is 4.39 Å². The Labute approximate surface area is 163 Å². The van der Waals surface area contributed by atoms with Crippen LogP contribution in [0.15, 0.2) is 52.9 Å². The number of amides is 1. The maximum Gasteiger partial charge on any atom is 0.287 e. The molecule has 4 rings (SSSR count). The fourth-order valence-electron chi connectivity index (χ4n) is 3.53. The molecule has 0 aliphatic heterocycles. The van der Waals surface area contributed by atoms with Gasteiger partial charge in [0.15, 0.2) is 5.76 Å². The van der Waals surface area contributed by atoms with Gasteiger partial charge in [-0.3, -0.25) is 4.79 Å². The topological polar surface area (TPSA) is 51.5 Å². The van der Waals surface area contributed by atoms with Crippen LogP contribution in [0.25, 0.3) is 11.0 Å². The maximum absolute atomic E-state index is 13.2. The number of carbonyl (C=O) groups excluding carboxylic acids is 1. The molecule has 28 heavy (non-hydrogen) atoms. The average molecular weight is 381 g/mol. The van der Waals surface area contributed by atoms with Crippen molar-refractivity contribution >= 4 is 16.9 Å². The third-order valence-electron chi connectivity index (χ3n) is 5.36. The summed E-state index contributed by atoms with van der Waals surface area (Å²) in [5.74, 6) is -0.190. The van der Waals surface area contributed by atoms with Crippen LogP contribution >= 0.6 is 0 Å². The lowest BCUT2D eigenvalue weighted by molar-refractivity contribution is 0.0643. The van der Waals surface area contributed by atoms with Crippen LogP contribution in [0.1, 0.15) is 48.4 Å². The number of hydrogen-bond acceptors (Lipinski definition) is 3. The first kappa shape index (κ1) is 18.7. The standard InChI is InChI=1S/C23H24FNO3/c1-15(2)27-13-19-18-5-3-4-6-20(18)28-21(19)22(26)25-14-23(11-12-23)16-7-9-17(24)10-8-16/h3-10,15H,11-14H2,1-2H3,(H,25,26). The molecule has 1 fully saturated rings. The summed E-state index contributed by atoms with van der Waals surface area (Å²) in [4.78, 5) is 12.9. The van der Waals surface area contributed by atoms with Gasteiger partial charge < -0.3 is 14.5 Å². The van der Waals surface area contributed by atoms with E-state index in [1.54, 1.807) is 12.1 Å². The van der Waals surface area contributed by atoms with E-state index in [4.69, 9.17) is 9.15 Å². The Morgan fingerprint density at radius 2 is 1.89 bits per heavy atom. The van der Waals surface area contributed by atoms with E-state index in [1.807, 2.05) is 38.1 Å². The van der Waals surface area contributed by atoms with Crippen molar-refractivity contribution in [3.05, 3.63) is 71.2 Å². The highest BCUT2D eigenvalue weighted by Crippen LogP contribution is 2.47. The van der Waals surface area contributed by atoms with E-state index < -0.39 is 0 Å². The number of nitrogens with one attached hydrogen (secondary N) is 1. The molecule has 1 heterocycles. The normalized spacial score (nSPS) is 15.1. The fraction of sp³-hybridized carbons (Fsp3) is 0.348. The molecule has 1 saturated carbocycles. The lowest BCUT2D eigenvalue weighted by Gasteiger charge is -2.16. The van der Waals surface area contributed by atoms with E-state index >= 15 is 0 Å². The van der Waals surface area contributed by atoms with E-state index in [1.165, 1.54) is 12.1 Å². The van der Waals surface area contributed by atoms with E-state index in [9.17, 15) is 9.18 Å². The average Bonchev–Trinajstić information content (AvgIpc) is 3.38. The minimum atomic E-state index is -0.249. The molecular weight excluding hydrogens is 357 g/mol. The second-order valence-corrected chi connectivity index (χ2v) is 7.74. The molecule has 0 radical (unpaired) electrons. The number of furan rings is 1. The molecule has 0 spiro atoms. The Morgan fingerprint density at radius 1 is 1.18 bits per heavy atom. The molecule has 0 saturated heterocycles. The SMILES string of the molecule is CC(C)OCc1c(C(=O)NCC2(c3ccc(F)cc3)CC2)oc2ccccc12. The summed E-state index contributed by atoms with van der Waals surface area (Å²) in [5, 5.41) is 3.92. The quantitative estimate of drug-likeness (QED) is 0.629. The molecule has 1 amide bonds. The molecule has 1 aliphatic carbocycles. The van der Waals surface area contributed by atoms with Gasteiger partial charge in [0, 0.05) is 22.9 Å². The summed E-state index contributed by atoms with van der Waals surface area (Å²) < 4.78 is 24.8. The highest BCUT2D eigenvalue weighted by atomic mass is 19.1. The van der Waals surface area contributed by atoms with Crippen molar-refractivity contribution < 1.29 is 18.3 Å². The highest BCUT2D eigenvalue weighted by molar-refractivity contribution is 5.99. The second-order valence-electron chi connectivity index (χ2n) is 7.74. The molecule has 1 N–H and O–H groups in total. The van der Waals surface area contributed by atoms with Crippen LogP contribution < -0.4 is 5.32 Å². The lowest BCUT2D eigenvalue weighted by atomic mass is 9.96. The van der Waals surface area contributed by atoms with Crippen LogP contribution in [0, 0.1) is 5.82 Å². The Morgan fingerprint density at radius 3 is 2.57 bits per heavy atom. The van der Waals surface area contributed by atoms with Gasteiger partial charge in [0.2, 0.25) is 0 Å². The largest absolute Gasteiger partial charge is 0.451 e. The smallest absolute Gasteiger partial charge is 0.287 e. The van der Waals surface area contributed by atoms with Crippen LogP contribution in [0.5, 0.6) is 0 Å². The van der Waals surface area contributed by atoms with Crippen molar-refractivity contribution in [2.75, 3.05) is 6.54 Å². The summed E-state index contributed by atoms with van der Waals surface area (Å²) in [6.07, 6.45) is 2.00. The Hall–Kier alpha value is -2.66. The molecule has 1 aromatic heterocycles. The maximum atomic E-state index is 13.2. The van der Waals surface area contributed by atoms with E-state index in [0.29, 0.717) is 24.5 Å². The third-order valence-corrected chi connectivity index (χ3v) is 5.36. The van der Waals surface area contributed by atoms with Crippen molar-refractivity contribution in [2.45, 2.75) is 44.8 Å². The first-order chi connectivity index (χ1) is 13.5. The number of carbonyl (C=O) groups is 1.